The molecule has 20 heavy (non-hydrogen) atoms. The van der Waals surface area contributed by atoms with Gasteiger partial charge in [-0.2, -0.15) is 0 Å². The molecule has 0 radical (unpaired) electrons. The molecular formula is C18H30N2. The number of benzene rings is 1. The molecule has 1 heterocycles. The van der Waals surface area contributed by atoms with Crippen LogP contribution in [0, 0.1) is 0 Å². The zero-order valence-electron chi connectivity index (χ0n) is 13.0. The standard InChI is InChI=1S/C18H30N2/c1-2-3-4-5-6-9-12-19-15-18-13-16-10-7-8-11-17(16)14-20-18/h7-8,10-11,18-20H,2-6,9,12-15H2,1H3. The molecule has 2 rings (SSSR count). The summed E-state index contributed by atoms with van der Waals surface area (Å²) in [5, 5.41) is 7.25. The number of unbranched alkanes of at least 4 members (excludes halogenated alkanes) is 5. The molecule has 1 aliphatic rings. The summed E-state index contributed by atoms with van der Waals surface area (Å²) in [6, 6.07) is 9.41. The van der Waals surface area contributed by atoms with E-state index in [9.17, 15) is 0 Å². The van der Waals surface area contributed by atoms with E-state index < -0.39 is 0 Å². The van der Waals surface area contributed by atoms with Crippen LogP contribution in [0.15, 0.2) is 24.3 Å². The Morgan fingerprint density at radius 1 is 1.05 bits per heavy atom. The molecule has 1 unspecified atom stereocenters. The Balaban J connectivity index is 1.53. The summed E-state index contributed by atoms with van der Waals surface area (Å²) in [5.41, 5.74) is 3.00. The van der Waals surface area contributed by atoms with Crippen molar-refractivity contribution >= 4 is 0 Å². The van der Waals surface area contributed by atoms with Gasteiger partial charge in [-0.3, -0.25) is 0 Å². The van der Waals surface area contributed by atoms with Crippen molar-refractivity contribution in [1.29, 1.82) is 0 Å². The first-order chi connectivity index (χ1) is 9.90. The van der Waals surface area contributed by atoms with Crippen molar-refractivity contribution in [3.8, 4) is 0 Å². The molecule has 1 aromatic carbocycles. The first-order valence-corrected chi connectivity index (χ1v) is 8.41. The summed E-state index contributed by atoms with van der Waals surface area (Å²) in [5.74, 6) is 0. The summed E-state index contributed by atoms with van der Waals surface area (Å²) in [7, 11) is 0. The van der Waals surface area contributed by atoms with E-state index in [0.717, 1.165) is 13.1 Å². The molecule has 0 aliphatic carbocycles. The van der Waals surface area contributed by atoms with Gasteiger partial charge >= 0.3 is 0 Å². The van der Waals surface area contributed by atoms with Gasteiger partial charge < -0.3 is 10.6 Å². The van der Waals surface area contributed by atoms with Crippen LogP contribution in [0.25, 0.3) is 0 Å². The largest absolute Gasteiger partial charge is 0.315 e. The van der Waals surface area contributed by atoms with Crippen LogP contribution in [-0.4, -0.2) is 19.1 Å². The predicted octanol–water partition coefficient (Wildman–Crippen LogP) is 3.65. The quantitative estimate of drug-likeness (QED) is 0.672. The number of fused-ring (bicyclic) bond motifs is 1. The molecule has 0 fully saturated rings. The van der Waals surface area contributed by atoms with Gasteiger partial charge in [0.05, 0.1) is 0 Å². The lowest BCUT2D eigenvalue weighted by molar-refractivity contribution is 0.442. The Kier molecular flexibility index (Phi) is 7.10. The van der Waals surface area contributed by atoms with Crippen molar-refractivity contribution in [2.24, 2.45) is 0 Å². The van der Waals surface area contributed by atoms with Crippen LogP contribution in [0.4, 0.5) is 0 Å². The highest BCUT2D eigenvalue weighted by molar-refractivity contribution is 5.29. The molecular weight excluding hydrogens is 244 g/mol. The van der Waals surface area contributed by atoms with Crippen molar-refractivity contribution in [3.05, 3.63) is 35.4 Å². The zero-order valence-corrected chi connectivity index (χ0v) is 13.0. The van der Waals surface area contributed by atoms with E-state index in [0.29, 0.717) is 6.04 Å². The van der Waals surface area contributed by atoms with Crippen LogP contribution >= 0.6 is 0 Å². The van der Waals surface area contributed by atoms with Gasteiger partial charge in [-0.1, -0.05) is 63.3 Å². The molecule has 0 amide bonds. The van der Waals surface area contributed by atoms with Crippen LogP contribution in [0.5, 0.6) is 0 Å². The highest BCUT2D eigenvalue weighted by Gasteiger charge is 2.16. The van der Waals surface area contributed by atoms with Crippen LogP contribution in [0.2, 0.25) is 0 Å². The van der Waals surface area contributed by atoms with Gasteiger partial charge in [0, 0.05) is 19.1 Å². The second kappa shape index (κ2) is 9.15. The first-order valence-electron chi connectivity index (χ1n) is 8.41. The van der Waals surface area contributed by atoms with Gasteiger partial charge in [0.25, 0.3) is 0 Å². The minimum absolute atomic E-state index is 0.602. The molecule has 2 heteroatoms. The minimum atomic E-state index is 0.602. The fourth-order valence-electron chi connectivity index (χ4n) is 2.97. The van der Waals surface area contributed by atoms with Crippen molar-refractivity contribution < 1.29 is 0 Å². The Bertz CT molecular complexity index is 375. The van der Waals surface area contributed by atoms with Crippen molar-refractivity contribution in [3.63, 3.8) is 0 Å². The zero-order chi connectivity index (χ0) is 14.0. The van der Waals surface area contributed by atoms with Gasteiger partial charge in [0.1, 0.15) is 0 Å². The highest BCUT2D eigenvalue weighted by Crippen LogP contribution is 2.15. The maximum atomic E-state index is 3.63. The summed E-state index contributed by atoms with van der Waals surface area (Å²) < 4.78 is 0. The van der Waals surface area contributed by atoms with Crippen molar-refractivity contribution in [2.45, 2.75) is 64.5 Å². The van der Waals surface area contributed by atoms with E-state index in [2.05, 4.69) is 41.8 Å². The van der Waals surface area contributed by atoms with E-state index in [1.165, 1.54) is 62.6 Å². The van der Waals surface area contributed by atoms with E-state index in [1.54, 1.807) is 0 Å². The van der Waals surface area contributed by atoms with E-state index in [4.69, 9.17) is 0 Å². The summed E-state index contributed by atoms with van der Waals surface area (Å²) in [6.45, 7) is 5.58. The SMILES string of the molecule is CCCCCCCCNCC1Cc2ccccc2CN1. The number of hydrogen-bond acceptors (Lipinski definition) is 2. The monoisotopic (exact) mass is 274 g/mol. The van der Waals surface area contributed by atoms with Crippen molar-refractivity contribution in [2.75, 3.05) is 13.1 Å². The van der Waals surface area contributed by atoms with Gasteiger partial charge in [0.15, 0.2) is 0 Å². The Hall–Kier alpha value is -0.860. The second-order valence-corrected chi connectivity index (χ2v) is 6.02. The third-order valence-electron chi connectivity index (χ3n) is 4.26. The predicted molar refractivity (Wildman–Crippen MR) is 87.0 cm³/mol. The lowest BCUT2D eigenvalue weighted by Crippen LogP contribution is -2.43. The third kappa shape index (κ3) is 5.26. The topological polar surface area (TPSA) is 24.1 Å². The minimum Gasteiger partial charge on any atom is -0.315 e. The maximum absolute atomic E-state index is 3.63. The van der Waals surface area contributed by atoms with Crippen LogP contribution in [0.3, 0.4) is 0 Å². The molecule has 0 bridgehead atoms. The number of hydrogen-bond donors (Lipinski definition) is 2. The Morgan fingerprint density at radius 2 is 1.80 bits per heavy atom. The van der Waals surface area contributed by atoms with Crippen LogP contribution in [0.1, 0.15) is 56.6 Å². The highest BCUT2D eigenvalue weighted by atomic mass is 15.0. The second-order valence-electron chi connectivity index (χ2n) is 6.02. The molecule has 2 N–H and O–H groups in total. The summed E-state index contributed by atoms with van der Waals surface area (Å²) in [6.07, 6.45) is 9.44. The molecule has 0 saturated carbocycles. The summed E-state index contributed by atoms with van der Waals surface area (Å²) >= 11 is 0. The molecule has 2 nitrogen and oxygen atoms in total. The van der Waals surface area contributed by atoms with E-state index in [-0.39, 0.29) is 0 Å². The number of rotatable bonds is 9. The van der Waals surface area contributed by atoms with Gasteiger partial charge in [-0.15, -0.1) is 0 Å². The van der Waals surface area contributed by atoms with Gasteiger partial charge in [-0.05, 0) is 30.5 Å². The van der Waals surface area contributed by atoms with E-state index >= 15 is 0 Å². The molecule has 1 aromatic rings. The summed E-state index contributed by atoms with van der Waals surface area (Å²) in [4.78, 5) is 0. The van der Waals surface area contributed by atoms with Crippen molar-refractivity contribution in [1.82, 2.24) is 10.6 Å². The smallest absolute Gasteiger partial charge is 0.0236 e. The molecule has 1 aliphatic heterocycles. The molecule has 112 valence electrons. The van der Waals surface area contributed by atoms with Gasteiger partial charge in [-0.25, -0.2) is 0 Å². The lowest BCUT2D eigenvalue weighted by Gasteiger charge is -2.26. The average molecular weight is 274 g/mol. The molecule has 0 aromatic heterocycles. The molecule has 0 saturated heterocycles. The Morgan fingerprint density at radius 3 is 2.65 bits per heavy atom. The van der Waals surface area contributed by atoms with E-state index in [1.807, 2.05) is 0 Å². The lowest BCUT2D eigenvalue weighted by atomic mass is 9.96. The van der Waals surface area contributed by atoms with Gasteiger partial charge in [0.2, 0.25) is 0 Å². The normalized spacial score (nSPS) is 17.9. The Labute approximate surface area is 124 Å². The average Bonchev–Trinajstić information content (AvgIpc) is 2.50. The van der Waals surface area contributed by atoms with Crippen LogP contribution < -0.4 is 10.6 Å². The number of nitrogens with one attached hydrogen (secondary N) is 2. The maximum Gasteiger partial charge on any atom is 0.0236 e. The fraction of sp³-hybridized carbons (Fsp3) is 0.667. The first kappa shape index (κ1) is 15.5. The fourth-order valence-corrected chi connectivity index (χ4v) is 2.97. The third-order valence-corrected chi connectivity index (χ3v) is 4.26. The molecule has 0 spiro atoms. The van der Waals surface area contributed by atoms with Crippen LogP contribution in [-0.2, 0) is 13.0 Å². The molecule has 1 atom stereocenters.